The summed E-state index contributed by atoms with van der Waals surface area (Å²) in [6.45, 7) is 0. The third-order valence-electron chi connectivity index (χ3n) is 5.59. The first-order chi connectivity index (χ1) is 15.0. The number of nitrogens with zero attached hydrogens (tertiary/aromatic N) is 1. The van der Waals surface area contributed by atoms with Gasteiger partial charge >= 0.3 is 0 Å². The molecule has 0 aliphatic carbocycles. The Morgan fingerprint density at radius 3 is 2.42 bits per heavy atom. The SMILES string of the molecule is COC1=C2C=CC(=N2)C=c2ccc([nH]2)=CC2(OC)NC(=CC2=O)C=C2C=CC1(OC)N2. The number of aliphatic imine (C=N–C) groups is 1. The molecule has 158 valence electrons. The standard InChI is InChI=1S/C23H22N4O4/c1-29-21-19-7-6-15(25-19)10-14-4-5-17(24-14)13-23(31-3)20(28)12-18(27-23)11-16-8-9-22(21,26-16)30-2/h4-13,24,26-27H,1-3H3. The first-order valence-electron chi connectivity index (χ1n) is 9.78. The largest absolute Gasteiger partial charge is 0.493 e. The molecule has 8 heteroatoms. The summed E-state index contributed by atoms with van der Waals surface area (Å²) >= 11 is 0. The maximum Gasteiger partial charge on any atom is 0.224 e. The molecule has 4 aliphatic rings. The van der Waals surface area contributed by atoms with Crippen LogP contribution < -0.4 is 21.3 Å². The van der Waals surface area contributed by atoms with Crippen LogP contribution in [-0.4, -0.2) is 49.3 Å². The van der Waals surface area contributed by atoms with Crippen molar-refractivity contribution in [3.8, 4) is 0 Å². The minimum atomic E-state index is -1.29. The van der Waals surface area contributed by atoms with Gasteiger partial charge in [-0.05, 0) is 54.7 Å². The van der Waals surface area contributed by atoms with Gasteiger partial charge in [0.25, 0.3) is 0 Å². The number of hydrogen-bond acceptors (Lipinski definition) is 7. The number of ether oxygens (including phenoxy) is 3. The average Bonchev–Trinajstić information content (AvgIpc) is 3.53. The van der Waals surface area contributed by atoms with Crippen LogP contribution in [0.1, 0.15) is 0 Å². The van der Waals surface area contributed by atoms with Crippen LogP contribution in [0.5, 0.6) is 0 Å². The molecule has 0 saturated carbocycles. The summed E-state index contributed by atoms with van der Waals surface area (Å²) in [5.74, 6) is 0.329. The minimum absolute atomic E-state index is 0.197. The number of carbonyl (C=O) groups is 1. The fourth-order valence-electron chi connectivity index (χ4n) is 4.06. The summed E-state index contributed by atoms with van der Waals surface area (Å²) in [4.78, 5) is 20.8. The fraction of sp³-hybridized carbons (Fsp3) is 0.217. The first kappa shape index (κ1) is 19.3. The Bertz CT molecular complexity index is 1280. The van der Waals surface area contributed by atoms with Gasteiger partial charge in [0, 0.05) is 42.4 Å². The van der Waals surface area contributed by atoms with Crippen molar-refractivity contribution < 1.29 is 19.0 Å². The molecule has 5 heterocycles. The molecule has 1 aromatic rings. The average molecular weight is 418 g/mol. The molecule has 31 heavy (non-hydrogen) atoms. The molecule has 5 rings (SSSR count). The second-order valence-electron chi connectivity index (χ2n) is 7.47. The van der Waals surface area contributed by atoms with Gasteiger partial charge in [0.1, 0.15) is 5.70 Å². The maximum atomic E-state index is 12.8. The number of fused-ring (bicyclic) bond motifs is 7. The van der Waals surface area contributed by atoms with Crippen molar-refractivity contribution in [2.75, 3.05) is 21.3 Å². The van der Waals surface area contributed by atoms with Crippen molar-refractivity contribution in [2.45, 2.75) is 11.4 Å². The Labute approximate surface area is 178 Å². The van der Waals surface area contributed by atoms with Crippen LogP contribution in [0.2, 0.25) is 0 Å². The van der Waals surface area contributed by atoms with Gasteiger partial charge in [-0.15, -0.1) is 0 Å². The molecular formula is C23H22N4O4. The molecule has 0 fully saturated rings. The van der Waals surface area contributed by atoms with Gasteiger partial charge in [-0.2, -0.15) is 0 Å². The zero-order valence-electron chi connectivity index (χ0n) is 17.4. The number of allylic oxidation sites excluding steroid dienone is 4. The number of ketones is 1. The molecule has 0 spiro atoms. The predicted octanol–water partition coefficient (Wildman–Crippen LogP) is 0.243. The van der Waals surface area contributed by atoms with Gasteiger partial charge in [0.15, 0.2) is 5.76 Å². The summed E-state index contributed by atoms with van der Waals surface area (Å²) < 4.78 is 17.1. The molecule has 8 nitrogen and oxygen atoms in total. The molecule has 0 radical (unpaired) electrons. The van der Waals surface area contributed by atoms with E-state index < -0.39 is 11.4 Å². The van der Waals surface area contributed by atoms with Gasteiger partial charge < -0.3 is 29.8 Å². The highest BCUT2D eigenvalue weighted by Crippen LogP contribution is 2.33. The Morgan fingerprint density at radius 2 is 1.65 bits per heavy atom. The maximum absolute atomic E-state index is 12.8. The Balaban J connectivity index is 1.73. The van der Waals surface area contributed by atoms with E-state index in [0.717, 1.165) is 22.1 Å². The predicted molar refractivity (Wildman–Crippen MR) is 116 cm³/mol. The minimum Gasteiger partial charge on any atom is -0.493 e. The zero-order chi connectivity index (χ0) is 21.6. The van der Waals surface area contributed by atoms with Gasteiger partial charge in [0.2, 0.25) is 17.2 Å². The topological polar surface area (TPSA) is 97.0 Å². The number of methoxy groups -OCH3 is 3. The molecular weight excluding hydrogens is 396 g/mol. The summed E-state index contributed by atoms with van der Waals surface area (Å²) in [6, 6.07) is 3.81. The summed E-state index contributed by atoms with van der Waals surface area (Å²) in [5, 5.41) is 8.11. The monoisotopic (exact) mass is 418 g/mol. The van der Waals surface area contributed by atoms with E-state index in [1.165, 1.54) is 13.2 Å². The van der Waals surface area contributed by atoms with Crippen molar-refractivity contribution in [1.82, 2.24) is 15.6 Å². The van der Waals surface area contributed by atoms with Crippen LogP contribution >= 0.6 is 0 Å². The Hall–Kier alpha value is -3.62. The van der Waals surface area contributed by atoms with E-state index in [1.807, 2.05) is 48.6 Å². The van der Waals surface area contributed by atoms with Crippen molar-refractivity contribution in [2.24, 2.45) is 4.99 Å². The Kier molecular flexibility index (Phi) is 4.35. The van der Waals surface area contributed by atoms with Crippen LogP contribution in [0, 0.1) is 0 Å². The lowest BCUT2D eigenvalue weighted by Crippen LogP contribution is -2.47. The molecule has 1 aromatic heterocycles. The number of aromatic amines is 1. The number of H-pyrrole nitrogens is 1. The molecule has 4 aliphatic heterocycles. The lowest BCUT2D eigenvalue weighted by atomic mass is 10.1. The van der Waals surface area contributed by atoms with E-state index in [9.17, 15) is 4.79 Å². The lowest BCUT2D eigenvalue weighted by molar-refractivity contribution is -0.129. The molecule has 2 unspecified atom stereocenters. The normalized spacial score (nSPS) is 28.4. The van der Waals surface area contributed by atoms with Crippen molar-refractivity contribution in [3.05, 3.63) is 82.1 Å². The second kappa shape index (κ2) is 6.97. The highest BCUT2D eigenvalue weighted by atomic mass is 16.5. The van der Waals surface area contributed by atoms with E-state index in [0.29, 0.717) is 17.2 Å². The van der Waals surface area contributed by atoms with Crippen LogP contribution in [0.15, 0.2) is 76.4 Å². The number of carbonyl (C=O) groups excluding carboxylic acids is 1. The van der Waals surface area contributed by atoms with Crippen molar-refractivity contribution in [1.29, 1.82) is 0 Å². The highest BCUT2D eigenvalue weighted by molar-refractivity contribution is 6.19. The smallest absolute Gasteiger partial charge is 0.224 e. The molecule has 8 bridgehead atoms. The molecule has 3 N–H and O–H groups in total. The molecule has 2 atom stereocenters. The van der Waals surface area contributed by atoms with E-state index in [4.69, 9.17) is 19.2 Å². The highest BCUT2D eigenvalue weighted by Gasteiger charge is 2.42. The fourth-order valence-corrected chi connectivity index (χ4v) is 4.06. The van der Waals surface area contributed by atoms with Gasteiger partial charge in [0.05, 0.1) is 12.8 Å². The molecule has 0 saturated heterocycles. The number of rotatable bonds is 3. The van der Waals surface area contributed by atoms with Gasteiger partial charge in [-0.25, -0.2) is 4.99 Å². The van der Waals surface area contributed by atoms with E-state index >= 15 is 0 Å². The van der Waals surface area contributed by atoms with Crippen molar-refractivity contribution in [3.63, 3.8) is 0 Å². The van der Waals surface area contributed by atoms with Crippen LogP contribution in [0.4, 0.5) is 0 Å². The third-order valence-corrected chi connectivity index (χ3v) is 5.59. The van der Waals surface area contributed by atoms with Crippen LogP contribution in [0.3, 0.4) is 0 Å². The lowest BCUT2D eigenvalue weighted by Gasteiger charge is -2.29. The number of aromatic nitrogens is 1. The van der Waals surface area contributed by atoms with Crippen LogP contribution in [-0.2, 0) is 19.0 Å². The van der Waals surface area contributed by atoms with E-state index in [1.54, 1.807) is 20.3 Å². The zero-order valence-corrected chi connectivity index (χ0v) is 17.4. The van der Waals surface area contributed by atoms with Crippen molar-refractivity contribution >= 4 is 23.6 Å². The Morgan fingerprint density at radius 1 is 0.871 bits per heavy atom. The third kappa shape index (κ3) is 3.08. The first-order valence-corrected chi connectivity index (χ1v) is 9.78. The second-order valence-corrected chi connectivity index (χ2v) is 7.47. The summed E-state index contributed by atoms with van der Waals surface area (Å²) in [6.07, 6.45) is 14.5. The summed E-state index contributed by atoms with van der Waals surface area (Å²) in [5.41, 5.74) is 0.453. The van der Waals surface area contributed by atoms with Crippen LogP contribution in [0.25, 0.3) is 12.2 Å². The van der Waals surface area contributed by atoms with E-state index in [2.05, 4.69) is 15.6 Å². The quantitative estimate of drug-likeness (QED) is 0.651. The van der Waals surface area contributed by atoms with Gasteiger partial charge in [-0.3, -0.25) is 4.79 Å². The molecule has 0 aromatic carbocycles. The number of nitrogens with one attached hydrogen (secondary N) is 3. The molecule has 0 amide bonds. The number of hydrogen-bond donors (Lipinski definition) is 3. The van der Waals surface area contributed by atoms with E-state index in [-0.39, 0.29) is 5.78 Å². The van der Waals surface area contributed by atoms with Gasteiger partial charge in [-0.1, -0.05) is 0 Å². The summed E-state index contributed by atoms with van der Waals surface area (Å²) in [7, 11) is 4.68.